The van der Waals surface area contributed by atoms with Gasteiger partial charge < -0.3 is 9.64 Å². The Kier molecular flexibility index (Phi) is 6.78. The normalized spacial score (nSPS) is 18.5. The van der Waals surface area contributed by atoms with Crippen molar-refractivity contribution in [1.29, 1.82) is 0 Å². The van der Waals surface area contributed by atoms with E-state index in [9.17, 15) is 4.79 Å². The van der Waals surface area contributed by atoms with Gasteiger partial charge in [0, 0.05) is 32.1 Å². The molecule has 1 aliphatic heterocycles. The molecule has 0 saturated carbocycles. The SMILES string of the molecule is CCOCC1CCCN(C(=O)C(Cc2cccnc2)c2ccccc2)C1. The number of amides is 1. The second-order valence-corrected chi connectivity index (χ2v) is 6.98. The fourth-order valence-corrected chi connectivity index (χ4v) is 3.69. The maximum absolute atomic E-state index is 13.4. The number of aromatic nitrogens is 1. The van der Waals surface area contributed by atoms with E-state index >= 15 is 0 Å². The highest BCUT2D eigenvalue weighted by Gasteiger charge is 2.30. The number of hydrogen-bond acceptors (Lipinski definition) is 3. The number of ether oxygens (including phenoxy) is 1. The minimum atomic E-state index is -0.161. The summed E-state index contributed by atoms with van der Waals surface area (Å²) in [7, 11) is 0. The number of likely N-dealkylation sites (tertiary alicyclic amines) is 1. The molecule has 0 N–H and O–H groups in total. The van der Waals surface area contributed by atoms with Crippen molar-refractivity contribution < 1.29 is 9.53 Å². The number of hydrogen-bond donors (Lipinski definition) is 0. The Morgan fingerprint density at radius 1 is 1.27 bits per heavy atom. The van der Waals surface area contributed by atoms with Crippen molar-refractivity contribution in [3.05, 3.63) is 66.0 Å². The molecule has 0 spiro atoms. The van der Waals surface area contributed by atoms with Crippen LogP contribution in [-0.4, -0.2) is 42.1 Å². The van der Waals surface area contributed by atoms with Crippen LogP contribution in [-0.2, 0) is 16.0 Å². The number of carbonyl (C=O) groups is 1. The predicted molar refractivity (Wildman–Crippen MR) is 103 cm³/mol. The van der Waals surface area contributed by atoms with Crippen molar-refractivity contribution in [2.45, 2.75) is 32.1 Å². The molecule has 0 bridgehead atoms. The van der Waals surface area contributed by atoms with E-state index < -0.39 is 0 Å². The average Bonchev–Trinajstić information content (AvgIpc) is 2.71. The van der Waals surface area contributed by atoms with Crippen LogP contribution in [0.3, 0.4) is 0 Å². The van der Waals surface area contributed by atoms with E-state index in [4.69, 9.17) is 4.74 Å². The summed E-state index contributed by atoms with van der Waals surface area (Å²) in [6.07, 6.45) is 6.51. The van der Waals surface area contributed by atoms with Gasteiger partial charge in [0.1, 0.15) is 0 Å². The molecule has 1 aromatic carbocycles. The number of nitrogens with zero attached hydrogens (tertiary/aromatic N) is 2. The van der Waals surface area contributed by atoms with Gasteiger partial charge in [-0.2, -0.15) is 0 Å². The third-order valence-corrected chi connectivity index (χ3v) is 5.05. The average molecular weight is 352 g/mol. The van der Waals surface area contributed by atoms with Crippen molar-refractivity contribution in [3.63, 3.8) is 0 Å². The molecule has 4 nitrogen and oxygen atoms in total. The summed E-state index contributed by atoms with van der Waals surface area (Å²) in [4.78, 5) is 19.6. The number of rotatable bonds is 7. The first-order valence-corrected chi connectivity index (χ1v) is 9.58. The van der Waals surface area contributed by atoms with Gasteiger partial charge in [-0.3, -0.25) is 9.78 Å². The molecule has 1 amide bonds. The molecule has 0 radical (unpaired) electrons. The van der Waals surface area contributed by atoms with Crippen LogP contribution in [0.2, 0.25) is 0 Å². The van der Waals surface area contributed by atoms with Gasteiger partial charge >= 0.3 is 0 Å². The minimum absolute atomic E-state index is 0.161. The highest BCUT2D eigenvalue weighted by atomic mass is 16.5. The lowest BCUT2D eigenvalue weighted by atomic mass is 9.89. The summed E-state index contributed by atoms with van der Waals surface area (Å²) in [5.74, 6) is 0.509. The largest absolute Gasteiger partial charge is 0.381 e. The summed E-state index contributed by atoms with van der Waals surface area (Å²) in [5.41, 5.74) is 2.17. The lowest BCUT2D eigenvalue weighted by Gasteiger charge is -2.35. The summed E-state index contributed by atoms with van der Waals surface area (Å²) >= 11 is 0. The summed E-state index contributed by atoms with van der Waals surface area (Å²) < 4.78 is 5.60. The van der Waals surface area contributed by atoms with E-state index in [1.165, 1.54) is 0 Å². The molecule has 1 aromatic heterocycles. The highest BCUT2D eigenvalue weighted by molar-refractivity contribution is 5.84. The molecule has 26 heavy (non-hydrogen) atoms. The molecule has 138 valence electrons. The van der Waals surface area contributed by atoms with E-state index in [1.807, 2.05) is 48.4 Å². The number of pyridine rings is 1. The van der Waals surface area contributed by atoms with Gasteiger partial charge in [-0.1, -0.05) is 36.4 Å². The summed E-state index contributed by atoms with van der Waals surface area (Å²) in [6.45, 7) is 5.15. The Morgan fingerprint density at radius 2 is 2.12 bits per heavy atom. The molecule has 2 atom stereocenters. The van der Waals surface area contributed by atoms with Crippen molar-refractivity contribution in [1.82, 2.24) is 9.88 Å². The molecule has 1 saturated heterocycles. The molecule has 1 fully saturated rings. The monoisotopic (exact) mass is 352 g/mol. The van der Waals surface area contributed by atoms with Gasteiger partial charge in [-0.15, -0.1) is 0 Å². The zero-order valence-electron chi connectivity index (χ0n) is 15.5. The van der Waals surface area contributed by atoms with Gasteiger partial charge in [0.05, 0.1) is 12.5 Å². The first-order valence-electron chi connectivity index (χ1n) is 9.58. The molecular weight excluding hydrogens is 324 g/mol. The van der Waals surface area contributed by atoms with Crippen LogP contribution in [0.15, 0.2) is 54.9 Å². The Morgan fingerprint density at radius 3 is 2.85 bits per heavy atom. The summed E-state index contributed by atoms with van der Waals surface area (Å²) in [6, 6.07) is 14.1. The van der Waals surface area contributed by atoms with E-state index in [1.54, 1.807) is 6.20 Å². The zero-order valence-corrected chi connectivity index (χ0v) is 15.5. The lowest BCUT2D eigenvalue weighted by molar-refractivity contribution is -0.135. The van der Waals surface area contributed by atoms with E-state index in [2.05, 4.69) is 17.1 Å². The molecule has 3 rings (SSSR count). The Bertz CT molecular complexity index is 675. The van der Waals surface area contributed by atoms with E-state index in [-0.39, 0.29) is 11.8 Å². The lowest BCUT2D eigenvalue weighted by Crippen LogP contribution is -2.43. The molecule has 4 heteroatoms. The Labute approximate surface area is 156 Å². The Balaban J connectivity index is 1.76. The van der Waals surface area contributed by atoms with Crippen molar-refractivity contribution in [3.8, 4) is 0 Å². The van der Waals surface area contributed by atoms with E-state index in [0.29, 0.717) is 12.3 Å². The molecule has 2 heterocycles. The van der Waals surface area contributed by atoms with Crippen molar-refractivity contribution in [2.75, 3.05) is 26.3 Å². The van der Waals surface area contributed by atoms with Crippen molar-refractivity contribution >= 4 is 5.91 Å². The zero-order chi connectivity index (χ0) is 18.2. The molecule has 0 aliphatic carbocycles. The van der Waals surface area contributed by atoms with Crippen LogP contribution in [0.25, 0.3) is 0 Å². The minimum Gasteiger partial charge on any atom is -0.381 e. The first-order chi connectivity index (χ1) is 12.8. The standard InChI is InChI=1S/C22H28N2O2/c1-2-26-17-19-9-7-13-24(16-19)22(25)21(20-10-4-3-5-11-20)14-18-8-6-12-23-15-18/h3-6,8,10-12,15,19,21H,2,7,9,13-14,16-17H2,1H3. The molecular formula is C22H28N2O2. The quantitative estimate of drug-likeness (QED) is 0.763. The van der Waals surface area contributed by atoms with Crippen LogP contribution in [0.5, 0.6) is 0 Å². The maximum atomic E-state index is 13.4. The van der Waals surface area contributed by atoms with Crippen LogP contribution in [0.4, 0.5) is 0 Å². The Hall–Kier alpha value is -2.20. The molecule has 1 aliphatic rings. The number of benzene rings is 1. The predicted octanol–water partition coefficient (Wildman–Crippen LogP) is 3.68. The fourth-order valence-electron chi connectivity index (χ4n) is 3.69. The second-order valence-electron chi connectivity index (χ2n) is 6.98. The second kappa shape index (κ2) is 9.48. The van der Waals surface area contributed by atoms with Gasteiger partial charge in [0.2, 0.25) is 5.91 Å². The van der Waals surface area contributed by atoms with Crippen LogP contribution in [0.1, 0.15) is 36.8 Å². The van der Waals surface area contributed by atoms with E-state index in [0.717, 1.165) is 50.3 Å². The van der Waals surface area contributed by atoms with Crippen molar-refractivity contribution in [2.24, 2.45) is 5.92 Å². The number of carbonyl (C=O) groups excluding carboxylic acids is 1. The summed E-state index contributed by atoms with van der Waals surface area (Å²) in [5, 5.41) is 0. The smallest absolute Gasteiger partial charge is 0.230 e. The molecule has 2 unspecified atom stereocenters. The van der Waals surface area contributed by atoms with Gasteiger partial charge in [0.15, 0.2) is 0 Å². The first kappa shape index (κ1) is 18.6. The fraction of sp³-hybridized carbons (Fsp3) is 0.455. The highest BCUT2D eigenvalue weighted by Crippen LogP contribution is 2.26. The molecule has 2 aromatic rings. The maximum Gasteiger partial charge on any atom is 0.230 e. The van der Waals surface area contributed by atoms with Gasteiger partial charge in [-0.05, 0) is 49.3 Å². The third-order valence-electron chi connectivity index (χ3n) is 5.05. The third kappa shape index (κ3) is 4.92. The van der Waals surface area contributed by atoms with Crippen LogP contribution >= 0.6 is 0 Å². The van der Waals surface area contributed by atoms with Gasteiger partial charge in [0.25, 0.3) is 0 Å². The van der Waals surface area contributed by atoms with Gasteiger partial charge in [-0.25, -0.2) is 0 Å². The van der Waals surface area contributed by atoms with Crippen LogP contribution < -0.4 is 0 Å². The number of piperidine rings is 1. The topological polar surface area (TPSA) is 42.4 Å². The van der Waals surface area contributed by atoms with Crippen LogP contribution in [0, 0.1) is 5.92 Å².